The fraction of sp³-hybridized carbons (Fsp3) is 0.195. The van der Waals surface area contributed by atoms with Gasteiger partial charge in [0.1, 0.15) is 11.4 Å². The van der Waals surface area contributed by atoms with Crippen molar-refractivity contribution in [1.82, 2.24) is 24.5 Å². The second kappa shape index (κ2) is 14.2. The summed E-state index contributed by atoms with van der Waals surface area (Å²) in [7, 11) is 1.33. The minimum Gasteiger partial charge on any atom is -0.481 e. The molecular weight excluding hydrogens is 696 g/mol. The molecule has 9 nitrogen and oxygen atoms in total. The number of halogens is 3. The molecule has 3 aromatic heterocycles. The van der Waals surface area contributed by atoms with Gasteiger partial charge >= 0.3 is 0 Å². The highest BCUT2D eigenvalue weighted by Crippen LogP contribution is 2.47. The third-order valence-corrected chi connectivity index (χ3v) is 9.95. The van der Waals surface area contributed by atoms with Gasteiger partial charge < -0.3 is 15.0 Å². The Hall–Kier alpha value is -5.94. The van der Waals surface area contributed by atoms with E-state index in [1.165, 1.54) is 19.5 Å². The topological polar surface area (TPSA) is 108 Å². The van der Waals surface area contributed by atoms with Crippen LogP contribution in [0.1, 0.15) is 71.7 Å². The number of aromatic nitrogens is 4. The van der Waals surface area contributed by atoms with Gasteiger partial charge in [-0.05, 0) is 35.3 Å². The first-order chi connectivity index (χ1) is 25.6. The number of hydrogen-bond acceptors (Lipinski definition) is 6. The standard InChI is InChI=1S/C41H36ClF2N7O2/c1-40(2)23-31(32-24-46-35-22-33(42)49-51(35)36(32)40)38(52)47-34-21-30(37(43)44)29(39(48-34)53-3)19-20-50(25-45)41(26-13-7-4-8-14-26,27-15-9-5-10-16-27)28-17-11-6-12-18-28/h4-22,24-25,31,37,45H,23H2,1-3H3,(H,47,48,52)/b20-19+,45-25?. The normalized spacial score (nSPS) is 15.1. The number of rotatable bonds is 11. The van der Waals surface area contributed by atoms with Crippen LogP contribution in [-0.2, 0) is 15.7 Å². The molecule has 0 fully saturated rings. The Labute approximate surface area is 310 Å². The minimum absolute atomic E-state index is 0.00457. The molecule has 1 aliphatic rings. The summed E-state index contributed by atoms with van der Waals surface area (Å²) < 4.78 is 37.1. The SMILES string of the molecule is COc1nc(NC(=O)C2CC(C)(C)c3c2cnc2cc(Cl)nn32)cc(C(F)F)c1/C=C/N(C=N)C(c1ccccc1)(c1ccccc1)c1ccccc1. The number of ether oxygens (including phenoxy) is 1. The summed E-state index contributed by atoms with van der Waals surface area (Å²) in [6.07, 6.45) is 3.33. The molecule has 1 aliphatic carbocycles. The molecule has 53 heavy (non-hydrogen) atoms. The van der Waals surface area contributed by atoms with Crippen LogP contribution in [0.3, 0.4) is 0 Å². The number of nitrogens with one attached hydrogen (secondary N) is 2. The van der Waals surface area contributed by atoms with E-state index in [1.807, 2.05) is 105 Å². The second-order valence-electron chi connectivity index (χ2n) is 13.4. The summed E-state index contributed by atoms with van der Waals surface area (Å²) in [5, 5.41) is 16.1. The maximum Gasteiger partial charge on any atom is 0.264 e. The van der Waals surface area contributed by atoms with Crippen molar-refractivity contribution in [3.63, 3.8) is 0 Å². The van der Waals surface area contributed by atoms with Crippen molar-refractivity contribution in [2.45, 2.75) is 43.6 Å². The van der Waals surface area contributed by atoms with Gasteiger partial charge in [0.25, 0.3) is 6.43 Å². The molecule has 1 amide bonds. The number of methoxy groups -OCH3 is 1. The Kier molecular flexibility index (Phi) is 9.52. The van der Waals surface area contributed by atoms with Crippen LogP contribution in [0.15, 0.2) is 116 Å². The molecule has 0 saturated carbocycles. The van der Waals surface area contributed by atoms with Gasteiger partial charge in [0.05, 0.1) is 25.1 Å². The van der Waals surface area contributed by atoms with Crippen LogP contribution in [0.4, 0.5) is 14.6 Å². The van der Waals surface area contributed by atoms with Crippen molar-refractivity contribution in [1.29, 1.82) is 5.41 Å². The lowest BCUT2D eigenvalue weighted by molar-refractivity contribution is -0.117. The Bertz CT molecular complexity index is 2220. The Balaban J connectivity index is 1.28. The number of hydrogen-bond donors (Lipinski definition) is 2. The van der Waals surface area contributed by atoms with Gasteiger partial charge in [-0.3, -0.25) is 10.2 Å². The lowest BCUT2D eigenvalue weighted by Crippen LogP contribution is -2.44. The molecule has 12 heteroatoms. The van der Waals surface area contributed by atoms with Crippen molar-refractivity contribution >= 4 is 41.4 Å². The highest BCUT2D eigenvalue weighted by molar-refractivity contribution is 6.29. The molecular formula is C41H36ClF2N7O2. The summed E-state index contributed by atoms with van der Waals surface area (Å²) >= 11 is 6.17. The molecule has 6 aromatic rings. The predicted octanol–water partition coefficient (Wildman–Crippen LogP) is 9.00. The molecule has 2 N–H and O–H groups in total. The van der Waals surface area contributed by atoms with Crippen LogP contribution >= 0.6 is 11.6 Å². The molecule has 0 bridgehead atoms. The van der Waals surface area contributed by atoms with Crippen LogP contribution < -0.4 is 10.1 Å². The van der Waals surface area contributed by atoms with E-state index in [0.29, 0.717) is 17.6 Å². The van der Waals surface area contributed by atoms with Crippen LogP contribution in [0.25, 0.3) is 11.7 Å². The van der Waals surface area contributed by atoms with Crippen LogP contribution in [-0.4, -0.2) is 43.8 Å². The van der Waals surface area contributed by atoms with Crippen LogP contribution in [0.5, 0.6) is 5.88 Å². The number of carbonyl (C=O) groups excluding carboxylic acids is 1. The lowest BCUT2D eigenvalue weighted by Gasteiger charge is -2.43. The first-order valence-corrected chi connectivity index (χ1v) is 17.3. The number of anilines is 1. The lowest BCUT2D eigenvalue weighted by atomic mass is 9.76. The minimum atomic E-state index is -2.95. The number of amides is 1. The maximum atomic E-state index is 14.9. The molecule has 3 aromatic carbocycles. The number of fused-ring (bicyclic) bond motifs is 3. The molecule has 268 valence electrons. The zero-order valence-corrected chi connectivity index (χ0v) is 29.9. The molecule has 0 aliphatic heterocycles. The Morgan fingerprint density at radius 3 is 2.13 bits per heavy atom. The van der Waals surface area contributed by atoms with Crippen LogP contribution in [0.2, 0.25) is 5.15 Å². The molecule has 1 unspecified atom stereocenters. The zero-order chi connectivity index (χ0) is 37.3. The van der Waals surface area contributed by atoms with Gasteiger partial charge in [-0.2, -0.15) is 10.1 Å². The quantitative estimate of drug-likeness (QED) is 0.0783. The van der Waals surface area contributed by atoms with Crippen molar-refractivity contribution in [3.05, 3.63) is 160 Å². The molecule has 1 atom stereocenters. The van der Waals surface area contributed by atoms with Crippen molar-refractivity contribution < 1.29 is 18.3 Å². The van der Waals surface area contributed by atoms with E-state index in [2.05, 4.69) is 20.4 Å². The summed E-state index contributed by atoms with van der Waals surface area (Å²) in [5.41, 5.74) is 2.68. The average molecular weight is 732 g/mol. The molecule has 3 heterocycles. The third kappa shape index (κ3) is 6.31. The van der Waals surface area contributed by atoms with Crippen molar-refractivity contribution in [2.75, 3.05) is 12.4 Å². The van der Waals surface area contributed by atoms with E-state index in [1.54, 1.807) is 27.9 Å². The molecule has 7 rings (SSSR count). The number of nitrogens with zero attached hydrogens (tertiary/aromatic N) is 5. The average Bonchev–Trinajstić information content (AvgIpc) is 3.69. The van der Waals surface area contributed by atoms with E-state index in [0.717, 1.165) is 28.5 Å². The zero-order valence-electron chi connectivity index (χ0n) is 29.2. The van der Waals surface area contributed by atoms with Gasteiger partial charge in [-0.15, -0.1) is 0 Å². The van der Waals surface area contributed by atoms with Gasteiger partial charge in [-0.25, -0.2) is 18.3 Å². The van der Waals surface area contributed by atoms with Gasteiger partial charge in [0.15, 0.2) is 10.8 Å². The predicted molar refractivity (Wildman–Crippen MR) is 202 cm³/mol. The summed E-state index contributed by atoms with van der Waals surface area (Å²) in [6.45, 7) is 4.01. The van der Waals surface area contributed by atoms with Crippen LogP contribution in [0, 0.1) is 5.41 Å². The molecule has 0 spiro atoms. The van der Waals surface area contributed by atoms with E-state index < -0.39 is 34.8 Å². The number of benzene rings is 3. The second-order valence-corrected chi connectivity index (χ2v) is 13.8. The summed E-state index contributed by atoms with van der Waals surface area (Å²) in [5.74, 6) is -1.28. The molecule has 0 radical (unpaired) electrons. The smallest absolute Gasteiger partial charge is 0.264 e. The highest BCUT2D eigenvalue weighted by atomic mass is 35.5. The Morgan fingerprint density at radius 1 is 1.02 bits per heavy atom. The summed E-state index contributed by atoms with van der Waals surface area (Å²) in [6, 6.07) is 31.9. The third-order valence-electron chi connectivity index (χ3n) is 9.77. The van der Waals surface area contributed by atoms with Gasteiger partial charge in [0.2, 0.25) is 11.8 Å². The number of alkyl halides is 2. The highest BCUT2D eigenvalue weighted by Gasteiger charge is 2.44. The van der Waals surface area contributed by atoms with Crippen molar-refractivity contribution in [3.8, 4) is 5.88 Å². The maximum absolute atomic E-state index is 14.9. The monoisotopic (exact) mass is 731 g/mol. The summed E-state index contributed by atoms with van der Waals surface area (Å²) in [4.78, 5) is 24.4. The fourth-order valence-electron chi connectivity index (χ4n) is 7.53. The largest absolute Gasteiger partial charge is 0.481 e. The van der Waals surface area contributed by atoms with Gasteiger partial charge in [0, 0.05) is 40.6 Å². The van der Waals surface area contributed by atoms with E-state index in [9.17, 15) is 13.6 Å². The number of pyridine rings is 1. The fourth-order valence-corrected chi connectivity index (χ4v) is 7.70. The van der Waals surface area contributed by atoms with E-state index in [4.69, 9.17) is 21.7 Å². The molecule has 0 saturated heterocycles. The van der Waals surface area contributed by atoms with Gasteiger partial charge in [-0.1, -0.05) is 116 Å². The first kappa shape index (κ1) is 35.5. The Morgan fingerprint density at radius 2 is 1.60 bits per heavy atom. The van der Waals surface area contributed by atoms with E-state index >= 15 is 0 Å². The number of carbonyl (C=O) groups is 1. The first-order valence-electron chi connectivity index (χ1n) is 16.9. The van der Waals surface area contributed by atoms with Crippen molar-refractivity contribution in [2.24, 2.45) is 0 Å². The van der Waals surface area contributed by atoms with E-state index in [-0.39, 0.29) is 22.4 Å².